The van der Waals surface area contributed by atoms with Gasteiger partial charge in [-0.3, -0.25) is 9.59 Å². The molecule has 12 rings (SSSR count). The molecule has 18 heteroatoms. The Balaban J connectivity index is 0.000000194. The van der Waals surface area contributed by atoms with E-state index in [9.17, 15) is 39.6 Å². The predicted molar refractivity (Wildman–Crippen MR) is 345 cm³/mol. The van der Waals surface area contributed by atoms with E-state index in [1.54, 1.807) is 50.5 Å². The van der Waals surface area contributed by atoms with Crippen molar-refractivity contribution in [2.75, 3.05) is 90.6 Å². The standard InChI is InChI=1S/2C35H43ClN2O6.CH4/c2*1-37-16-5-3-4-8-30(39)27-12-9-24(27)20-38-21-34(15-6-7-23-17-26(36)11-13-28(23)34)22-44-31-14-10-25(18-29(31)38)35(42,19-32(37)40)33(41)43-2;/h2*4,8,10-11,13-14,17-18,24,27,30,39,42H,3,5-7,9,12,15-16,19-22H2,1-2H3;1H4/b2*8-4+;/t24-,27+,30-,34-,35+;24-,27+,30-,34-,35-;/m00./s1. The number of hydrogen-bond acceptors (Lipinski definition) is 14. The Hall–Kier alpha value is -6.14. The van der Waals surface area contributed by atoms with Gasteiger partial charge in [0.25, 0.3) is 0 Å². The first kappa shape index (κ1) is 65.8. The molecular formula is C71H90Cl2N4O12. The molecule has 2 spiro atoms. The Kier molecular flexibility index (Phi) is 20.2. The van der Waals surface area contributed by atoms with Crippen LogP contribution in [0, 0.1) is 23.7 Å². The maximum Gasteiger partial charge on any atom is 0.343 e. The first-order chi connectivity index (χ1) is 42.3. The number of allylic oxidation sites excluding steroid dienone is 2. The van der Waals surface area contributed by atoms with Crippen molar-refractivity contribution in [3.05, 3.63) is 141 Å². The number of nitrogens with zero attached hydrogens (tertiary/aromatic N) is 4. The van der Waals surface area contributed by atoms with Gasteiger partial charge in [0.15, 0.2) is 11.2 Å². The van der Waals surface area contributed by atoms with Crippen molar-refractivity contribution in [3.8, 4) is 11.5 Å². The minimum atomic E-state index is -2.16. The lowest BCUT2D eigenvalue weighted by Crippen LogP contribution is -2.49. The third kappa shape index (κ3) is 13.3. The molecular weight excluding hydrogens is 1170 g/mol. The van der Waals surface area contributed by atoms with Gasteiger partial charge >= 0.3 is 11.9 Å². The summed E-state index contributed by atoms with van der Waals surface area (Å²) in [6.07, 6.45) is 18.5. The molecule has 4 heterocycles. The van der Waals surface area contributed by atoms with Gasteiger partial charge in [-0.25, -0.2) is 9.59 Å². The number of fused-ring (bicyclic) bond motifs is 8. The summed E-state index contributed by atoms with van der Waals surface area (Å²) in [6, 6.07) is 22.9. The van der Waals surface area contributed by atoms with E-state index in [0.29, 0.717) is 101 Å². The number of esters is 2. The molecule has 4 aromatic carbocycles. The number of amides is 2. The molecule has 4 aliphatic heterocycles. The highest BCUT2D eigenvalue weighted by Gasteiger charge is 2.49. The van der Waals surface area contributed by atoms with Crippen molar-refractivity contribution in [2.45, 2.75) is 144 Å². The normalized spacial score (nSPS) is 31.1. The molecule has 2 amide bonds. The minimum Gasteiger partial charge on any atom is -0.490 e. The Labute approximate surface area is 534 Å². The smallest absolute Gasteiger partial charge is 0.343 e. The first-order valence-electron chi connectivity index (χ1n) is 31.7. The Morgan fingerprint density at radius 2 is 1.00 bits per heavy atom. The summed E-state index contributed by atoms with van der Waals surface area (Å²) in [5.74, 6) is -0.337. The van der Waals surface area contributed by atoms with Crippen LogP contribution in [-0.4, -0.2) is 147 Å². The van der Waals surface area contributed by atoms with Crippen molar-refractivity contribution in [1.82, 2.24) is 9.80 Å². The van der Waals surface area contributed by atoms with Gasteiger partial charge in [0.1, 0.15) is 11.5 Å². The number of halogens is 2. The number of aliphatic hydroxyl groups excluding tert-OH is 2. The van der Waals surface area contributed by atoms with Crippen LogP contribution < -0.4 is 19.3 Å². The molecule has 4 aliphatic carbocycles. The highest BCUT2D eigenvalue weighted by Crippen LogP contribution is 2.50. The van der Waals surface area contributed by atoms with E-state index in [1.807, 2.05) is 36.4 Å². The summed E-state index contributed by atoms with van der Waals surface area (Å²) >= 11 is 12.8. The Morgan fingerprint density at radius 1 is 0.584 bits per heavy atom. The van der Waals surface area contributed by atoms with Gasteiger partial charge in [-0.15, -0.1) is 0 Å². The minimum absolute atomic E-state index is 0. The molecule has 2 saturated carbocycles. The second kappa shape index (κ2) is 27.4. The number of benzene rings is 4. The number of hydrogen-bond donors (Lipinski definition) is 4. The van der Waals surface area contributed by atoms with Gasteiger partial charge in [-0.05, 0) is 195 Å². The van der Waals surface area contributed by atoms with Crippen molar-refractivity contribution >= 4 is 58.3 Å². The van der Waals surface area contributed by atoms with Gasteiger partial charge in [0.05, 0.1) is 63.9 Å². The highest BCUT2D eigenvalue weighted by molar-refractivity contribution is 6.31. The fourth-order valence-corrected chi connectivity index (χ4v) is 15.8. The number of carbonyl (C=O) groups excluding carboxylic acids is 4. The fraction of sp³-hybridized carbons (Fsp3) is 0.549. The van der Waals surface area contributed by atoms with Crippen molar-refractivity contribution in [2.24, 2.45) is 23.7 Å². The summed E-state index contributed by atoms with van der Waals surface area (Å²) in [4.78, 5) is 60.6. The van der Waals surface area contributed by atoms with E-state index in [1.165, 1.54) is 46.3 Å². The molecule has 0 saturated heterocycles. The molecule has 2 fully saturated rings. The maximum atomic E-state index is 13.3. The van der Waals surface area contributed by atoms with Crippen LogP contribution in [0.4, 0.5) is 11.4 Å². The number of aliphatic hydroxyl groups is 4. The predicted octanol–water partition coefficient (Wildman–Crippen LogP) is 10.2. The van der Waals surface area contributed by atoms with Crippen LogP contribution in [0.15, 0.2) is 97.1 Å². The summed E-state index contributed by atoms with van der Waals surface area (Å²) in [7, 11) is 5.79. The number of anilines is 2. The monoisotopic (exact) mass is 1260 g/mol. The van der Waals surface area contributed by atoms with Crippen LogP contribution in [0.3, 0.4) is 0 Å². The Bertz CT molecular complexity index is 3110. The van der Waals surface area contributed by atoms with Crippen LogP contribution >= 0.6 is 23.2 Å². The molecule has 10 atom stereocenters. The number of ether oxygens (including phenoxy) is 4. The van der Waals surface area contributed by atoms with Crippen LogP contribution in [0.5, 0.6) is 11.5 Å². The number of carbonyl (C=O) groups is 4. The molecule has 0 unspecified atom stereocenters. The van der Waals surface area contributed by atoms with Gasteiger partial charge in [0.2, 0.25) is 11.8 Å². The lowest BCUT2D eigenvalue weighted by molar-refractivity contribution is -0.168. The SMILES string of the molecule is C.COC(=O)[C@@]1(O)CC(=O)N(C)CCC/C=C/[C@H](O)[C@@H]2CC[C@H]2CN2C[C@@]3(CCCc4cc(Cl)ccc43)COc3ccc1cc32.COC(=O)[C@]1(O)CC(=O)N(C)CCC/C=C/[C@H](O)[C@@H]2CC[C@H]2CN2C[C@@]3(CCCc4cc(Cl)ccc43)COc3ccc1cc32. The van der Waals surface area contributed by atoms with Crippen LogP contribution in [0.2, 0.25) is 10.0 Å². The Morgan fingerprint density at radius 3 is 1.38 bits per heavy atom. The number of methoxy groups -OCH3 is 2. The van der Waals surface area contributed by atoms with Crippen molar-refractivity contribution in [3.63, 3.8) is 0 Å². The summed E-state index contributed by atoms with van der Waals surface area (Å²) in [5.41, 5.74) is 2.20. The van der Waals surface area contributed by atoms with Crippen LogP contribution in [0.1, 0.15) is 131 Å². The van der Waals surface area contributed by atoms with E-state index >= 15 is 0 Å². The zero-order chi connectivity index (χ0) is 62.1. The molecule has 480 valence electrons. The quantitative estimate of drug-likeness (QED) is 0.109. The molecule has 16 nitrogen and oxygen atoms in total. The first-order valence-corrected chi connectivity index (χ1v) is 32.4. The van der Waals surface area contributed by atoms with Gasteiger partial charge in [0, 0.05) is 74.2 Å². The fourth-order valence-electron chi connectivity index (χ4n) is 15.4. The van der Waals surface area contributed by atoms with Gasteiger partial charge in [-0.1, -0.05) is 79.2 Å². The van der Waals surface area contributed by atoms with Crippen molar-refractivity contribution in [1.29, 1.82) is 0 Å². The van der Waals surface area contributed by atoms with Crippen LogP contribution in [-0.2, 0) is 63.5 Å². The number of rotatable bonds is 2. The lowest BCUT2D eigenvalue weighted by atomic mass is 9.68. The summed E-state index contributed by atoms with van der Waals surface area (Å²) in [5, 5.41) is 47.5. The summed E-state index contributed by atoms with van der Waals surface area (Å²) in [6.45, 7) is 4.61. The molecule has 89 heavy (non-hydrogen) atoms. The van der Waals surface area contributed by atoms with Gasteiger partial charge < -0.3 is 59.0 Å². The van der Waals surface area contributed by atoms with E-state index < -0.39 is 48.2 Å². The number of aryl methyl sites for hydroxylation is 2. The third-order valence-electron chi connectivity index (χ3n) is 20.9. The van der Waals surface area contributed by atoms with Gasteiger partial charge in [-0.2, -0.15) is 0 Å². The van der Waals surface area contributed by atoms with E-state index in [4.69, 9.17) is 42.1 Å². The maximum absolute atomic E-state index is 13.3. The molecule has 8 aliphatic rings. The highest BCUT2D eigenvalue weighted by atomic mass is 35.5. The van der Waals surface area contributed by atoms with Crippen LogP contribution in [0.25, 0.3) is 0 Å². The van der Waals surface area contributed by atoms with Crippen molar-refractivity contribution < 1.29 is 58.6 Å². The zero-order valence-corrected chi connectivity index (χ0v) is 52.8. The third-order valence-corrected chi connectivity index (χ3v) is 21.3. The largest absolute Gasteiger partial charge is 0.490 e. The molecule has 4 N–H and O–H groups in total. The molecule has 0 radical (unpaired) electrons. The topological polar surface area (TPSA) is 199 Å². The molecule has 4 bridgehead atoms. The second-order valence-corrected chi connectivity index (χ2v) is 27.3. The van der Waals surface area contributed by atoms with E-state index in [2.05, 4.69) is 34.1 Å². The summed E-state index contributed by atoms with van der Waals surface area (Å²) < 4.78 is 23.3. The zero-order valence-electron chi connectivity index (χ0n) is 51.3. The lowest BCUT2D eigenvalue weighted by Gasteiger charge is -2.45. The van der Waals surface area contributed by atoms with E-state index in [-0.39, 0.29) is 53.7 Å². The average Bonchev–Trinajstić information content (AvgIpc) is 1.76. The molecule has 0 aromatic heterocycles. The second-order valence-electron chi connectivity index (χ2n) is 26.4. The van der Waals surface area contributed by atoms with E-state index in [0.717, 1.165) is 85.6 Å². The molecule has 4 aromatic rings. The average molecular weight is 1260 g/mol.